The molecule has 13 heavy (non-hydrogen) atoms. The topological polar surface area (TPSA) is 9.23 Å². The van der Waals surface area contributed by atoms with Crippen LogP contribution in [0.5, 0.6) is 5.75 Å². The van der Waals surface area contributed by atoms with Crippen molar-refractivity contribution in [3.8, 4) is 5.75 Å². The van der Waals surface area contributed by atoms with Gasteiger partial charge in [-0.2, -0.15) is 8.78 Å². The van der Waals surface area contributed by atoms with Crippen molar-refractivity contribution in [1.82, 2.24) is 0 Å². The van der Waals surface area contributed by atoms with Crippen LogP contribution < -0.4 is 4.74 Å². The van der Waals surface area contributed by atoms with E-state index in [1.54, 1.807) is 0 Å². The molecule has 0 aliphatic rings. The van der Waals surface area contributed by atoms with Gasteiger partial charge in [-0.25, -0.2) is 0 Å². The van der Waals surface area contributed by atoms with E-state index in [0.717, 1.165) is 4.47 Å². The van der Waals surface area contributed by atoms with Gasteiger partial charge >= 0.3 is 6.61 Å². The van der Waals surface area contributed by atoms with Gasteiger partial charge in [-0.1, -0.05) is 0 Å². The lowest BCUT2D eigenvalue weighted by atomic mass is 10.3. The standard InChI is InChI=1S/C7H3Br3F2O/c8-4-1-3(13-7(11)12)2-5(9)6(4)10/h1-2,7H. The first-order chi connectivity index (χ1) is 6.00. The second-order valence-electron chi connectivity index (χ2n) is 2.08. The fraction of sp³-hybridized carbons (Fsp3) is 0.143. The van der Waals surface area contributed by atoms with Gasteiger partial charge in [-0.3, -0.25) is 0 Å². The van der Waals surface area contributed by atoms with Crippen molar-refractivity contribution >= 4 is 47.8 Å². The van der Waals surface area contributed by atoms with Crippen molar-refractivity contribution in [1.29, 1.82) is 0 Å². The lowest BCUT2D eigenvalue weighted by Gasteiger charge is -2.06. The van der Waals surface area contributed by atoms with Crippen LogP contribution in [0.3, 0.4) is 0 Å². The predicted molar refractivity (Wildman–Crippen MR) is 56.2 cm³/mol. The molecule has 0 bridgehead atoms. The third kappa shape index (κ3) is 3.18. The second-order valence-corrected chi connectivity index (χ2v) is 4.58. The van der Waals surface area contributed by atoms with E-state index in [1.807, 2.05) is 0 Å². The summed E-state index contributed by atoms with van der Waals surface area (Å²) < 4.78 is 29.9. The number of benzene rings is 1. The normalized spacial score (nSPS) is 10.6. The Morgan fingerprint density at radius 1 is 1.08 bits per heavy atom. The Bertz CT molecular complexity index is 294. The van der Waals surface area contributed by atoms with Crippen LogP contribution in [0.15, 0.2) is 25.6 Å². The van der Waals surface area contributed by atoms with Crippen molar-refractivity contribution in [2.45, 2.75) is 6.61 Å². The predicted octanol–water partition coefficient (Wildman–Crippen LogP) is 4.58. The summed E-state index contributed by atoms with van der Waals surface area (Å²) in [6.07, 6.45) is 0. The summed E-state index contributed by atoms with van der Waals surface area (Å²) in [5.74, 6) is 0.108. The highest BCUT2D eigenvalue weighted by Gasteiger charge is 2.09. The number of ether oxygens (including phenoxy) is 1. The van der Waals surface area contributed by atoms with Crippen LogP contribution in [0.1, 0.15) is 0 Å². The zero-order valence-electron chi connectivity index (χ0n) is 6.03. The van der Waals surface area contributed by atoms with Crippen molar-refractivity contribution in [3.63, 3.8) is 0 Å². The number of rotatable bonds is 2. The average Bonchev–Trinajstić information content (AvgIpc) is 1.98. The SMILES string of the molecule is FC(F)Oc1cc(Br)c(Br)c(Br)c1. The van der Waals surface area contributed by atoms with Gasteiger partial charge in [-0.15, -0.1) is 0 Å². The number of hydrogen-bond donors (Lipinski definition) is 0. The minimum Gasteiger partial charge on any atom is -0.435 e. The Labute approximate surface area is 98.8 Å². The number of halogens is 5. The molecule has 0 radical (unpaired) electrons. The summed E-state index contributed by atoms with van der Waals surface area (Å²) in [5.41, 5.74) is 0. The molecule has 0 N–H and O–H groups in total. The molecule has 0 fully saturated rings. The van der Waals surface area contributed by atoms with Crippen LogP contribution in [0.4, 0.5) is 8.78 Å². The third-order valence-electron chi connectivity index (χ3n) is 1.18. The molecule has 0 heterocycles. The minimum atomic E-state index is -2.81. The molecule has 0 aliphatic carbocycles. The molecule has 72 valence electrons. The first-order valence-electron chi connectivity index (χ1n) is 3.10. The highest BCUT2D eigenvalue weighted by Crippen LogP contribution is 2.35. The minimum absolute atomic E-state index is 0.108. The molecule has 0 aliphatic heterocycles. The monoisotopic (exact) mass is 378 g/mol. The molecule has 0 saturated heterocycles. The molecule has 0 amide bonds. The van der Waals surface area contributed by atoms with E-state index in [2.05, 4.69) is 52.5 Å². The number of alkyl halides is 2. The molecule has 6 heteroatoms. The maximum Gasteiger partial charge on any atom is 0.387 e. The highest BCUT2D eigenvalue weighted by molar-refractivity contribution is 9.14. The summed E-state index contributed by atoms with van der Waals surface area (Å²) in [4.78, 5) is 0. The van der Waals surface area contributed by atoms with Crippen LogP contribution in [0.2, 0.25) is 0 Å². The van der Waals surface area contributed by atoms with E-state index < -0.39 is 6.61 Å². The van der Waals surface area contributed by atoms with E-state index in [1.165, 1.54) is 12.1 Å². The molecule has 0 saturated carbocycles. The fourth-order valence-corrected chi connectivity index (χ4v) is 2.08. The number of hydrogen-bond acceptors (Lipinski definition) is 1. The summed E-state index contributed by atoms with van der Waals surface area (Å²) in [6.45, 7) is -2.81. The molecule has 0 aromatic heterocycles. The van der Waals surface area contributed by atoms with Gasteiger partial charge in [0, 0.05) is 13.4 Å². The van der Waals surface area contributed by atoms with Crippen LogP contribution in [0, 0.1) is 0 Å². The van der Waals surface area contributed by atoms with Crippen LogP contribution >= 0.6 is 47.8 Å². The molecule has 1 rings (SSSR count). The molecular formula is C7H3Br3F2O. The van der Waals surface area contributed by atoms with Gasteiger partial charge in [0.2, 0.25) is 0 Å². The zero-order chi connectivity index (χ0) is 10.0. The van der Waals surface area contributed by atoms with E-state index in [-0.39, 0.29) is 5.75 Å². The Balaban J connectivity index is 2.99. The highest BCUT2D eigenvalue weighted by atomic mass is 79.9. The zero-order valence-corrected chi connectivity index (χ0v) is 10.8. The third-order valence-corrected chi connectivity index (χ3v) is 4.35. The fourth-order valence-electron chi connectivity index (χ4n) is 0.703. The van der Waals surface area contributed by atoms with Crippen LogP contribution in [-0.2, 0) is 0 Å². The average molecular weight is 381 g/mol. The van der Waals surface area contributed by atoms with E-state index in [9.17, 15) is 8.78 Å². The van der Waals surface area contributed by atoms with Crippen LogP contribution in [0.25, 0.3) is 0 Å². The van der Waals surface area contributed by atoms with Crippen LogP contribution in [-0.4, -0.2) is 6.61 Å². The first-order valence-corrected chi connectivity index (χ1v) is 5.48. The molecule has 0 spiro atoms. The first kappa shape index (κ1) is 11.4. The van der Waals surface area contributed by atoms with E-state index >= 15 is 0 Å². The van der Waals surface area contributed by atoms with E-state index in [0.29, 0.717) is 8.95 Å². The van der Waals surface area contributed by atoms with Crippen molar-refractivity contribution in [2.24, 2.45) is 0 Å². The van der Waals surface area contributed by atoms with Crippen molar-refractivity contribution in [3.05, 3.63) is 25.6 Å². The molecule has 1 nitrogen and oxygen atoms in total. The molecular weight excluding hydrogens is 378 g/mol. The lowest BCUT2D eigenvalue weighted by molar-refractivity contribution is -0.0499. The van der Waals surface area contributed by atoms with Gasteiger partial charge in [-0.05, 0) is 59.9 Å². The Morgan fingerprint density at radius 3 is 1.92 bits per heavy atom. The summed E-state index contributed by atoms with van der Waals surface area (Å²) >= 11 is 9.61. The largest absolute Gasteiger partial charge is 0.435 e. The molecule has 0 unspecified atom stereocenters. The van der Waals surface area contributed by atoms with Gasteiger partial charge in [0.05, 0.1) is 0 Å². The maximum atomic E-state index is 11.8. The van der Waals surface area contributed by atoms with Gasteiger partial charge in [0.25, 0.3) is 0 Å². The maximum absolute atomic E-state index is 11.8. The summed E-state index contributed by atoms with van der Waals surface area (Å²) in [7, 11) is 0. The van der Waals surface area contributed by atoms with Crippen molar-refractivity contribution < 1.29 is 13.5 Å². The summed E-state index contributed by atoms with van der Waals surface area (Å²) in [6, 6.07) is 2.92. The smallest absolute Gasteiger partial charge is 0.387 e. The van der Waals surface area contributed by atoms with Gasteiger partial charge < -0.3 is 4.74 Å². The van der Waals surface area contributed by atoms with Gasteiger partial charge in [0.1, 0.15) is 5.75 Å². The van der Waals surface area contributed by atoms with Gasteiger partial charge in [0.15, 0.2) is 0 Å². The quantitative estimate of drug-likeness (QED) is 0.683. The van der Waals surface area contributed by atoms with E-state index in [4.69, 9.17) is 0 Å². The van der Waals surface area contributed by atoms with Crippen molar-refractivity contribution in [2.75, 3.05) is 0 Å². The Morgan fingerprint density at radius 2 is 1.54 bits per heavy atom. The second kappa shape index (κ2) is 4.70. The summed E-state index contributed by atoms with van der Waals surface area (Å²) in [5, 5.41) is 0. The lowest BCUT2D eigenvalue weighted by Crippen LogP contribution is -2.01. The molecule has 1 aromatic rings. The Hall–Kier alpha value is 0.320. The molecule has 0 atom stereocenters. The molecule has 1 aromatic carbocycles. The Kier molecular flexibility index (Phi) is 4.12.